The van der Waals surface area contributed by atoms with E-state index in [4.69, 9.17) is 16.3 Å². The summed E-state index contributed by atoms with van der Waals surface area (Å²) in [5, 5.41) is 0.303. The lowest BCUT2D eigenvalue weighted by atomic mass is 10.2. The molecule has 0 saturated carbocycles. The third kappa shape index (κ3) is 3.83. The fourth-order valence-corrected chi connectivity index (χ4v) is 2.82. The number of hydrogen-bond donors (Lipinski definition) is 0. The van der Waals surface area contributed by atoms with Crippen LogP contribution in [0.3, 0.4) is 0 Å². The molecule has 0 bridgehead atoms. The summed E-state index contributed by atoms with van der Waals surface area (Å²) < 4.78 is 42.8. The number of aryl methyl sites for hydroxylation is 1. The molecule has 0 saturated heterocycles. The van der Waals surface area contributed by atoms with Crippen LogP contribution >= 0.6 is 23.4 Å². The maximum atomic E-state index is 12.5. The monoisotopic (exact) mass is 333 g/mol. The predicted octanol–water partition coefficient (Wildman–Crippen LogP) is 5.22. The van der Waals surface area contributed by atoms with E-state index in [0.29, 0.717) is 5.03 Å². The number of nitrogens with zero attached hydrogens (tertiary/aromatic N) is 1. The van der Waals surface area contributed by atoms with E-state index in [1.54, 1.807) is 19.2 Å². The molecule has 0 amide bonds. The minimum Gasteiger partial charge on any atom is -0.496 e. The van der Waals surface area contributed by atoms with Crippen molar-refractivity contribution in [2.24, 2.45) is 0 Å². The fraction of sp³-hybridized carbons (Fsp3) is 0.214. The number of pyridine rings is 1. The van der Waals surface area contributed by atoms with E-state index in [2.05, 4.69) is 4.98 Å². The summed E-state index contributed by atoms with van der Waals surface area (Å²) >= 11 is 7.08. The second kappa shape index (κ2) is 6.15. The Bertz CT molecular complexity index is 661. The normalized spacial score (nSPS) is 11.5. The molecular weight excluding hydrogens is 323 g/mol. The number of aromatic nitrogens is 1. The third-order valence-electron chi connectivity index (χ3n) is 2.72. The molecule has 2 aromatic rings. The van der Waals surface area contributed by atoms with Gasteiger partial charge in [-0.05, 0) is 36.8 Å². The van der Waals surface area contributed by atoms with Gasteiger partial charge in [0.1, 0.15) is 10.8 Å². The molecule has 0 N–H and O–H groups in total. The van der Waals surface area contributed by atoms with Crippen molar-refractivity contribution < 1.29 is 17.9 Å². The first-order valence-corrected chi connectivity index (χ1v) is 7.06. The van der Waals surface area contributed by atoms with Crippen LogP contribution in [0.4, 0.5) is 13.2 Å². The van der Waals surface area contributed by atoms with E-state index in [-0.39, 0.29) is 5.02 Å². The molecule has 0 aliphatic heterocycles. The smallest absolute Gasteiger partial charge is 0.417 e. The van der Waals surface area contributed by atoms with Crippen LogP contribution < -0.4 is 4.74 Å². The third-order valence-corrected chi connectivity index (χ3v) is 4.12. The molecule has 0 aliphatic carbocycles. The SMILES string of the molecule is COc1ccc(Sc2ncc(C(F)(F)F)cc2Cl)cc1C. The van der Waals surface area contributed by atoms with Crippen molar-refractivity contribution in [1.82, 2.24) is 4.98 Å². The van der Waals surface area contributed by atoms with Crippen molar-refractivity contribution in [1.29, 1.82) is 0 Å². The first-order chi connectivity index (χ1) is 9.81. The predicted molar refractivity (Wildman–Crippen MR) is 76.1 cm³/mol. The Hall–Kier alpha value is -1.40. The van der Waals surface area contributed by atoms with E-state index < -0.39 is 11.7 Å². The largest absolute Gasteiger partial charge is 0.496 e. The minimum absolute atomic E-state index is 0.0247. The van der Waals surface area contributed by atoms with Gasteiger partial charge in [0.05, 0.1) is 17.7 Å². The highest BCUT2D eigenvalue weighted by Gasteiger charge is 2.31. The number of halogens is 4. The summed E-state index contributed by atoms with van der Waals surface area (Å²) in [6.45, 7) is 1.88. The molecule has 1 aromatic carbocycles. The number of methoxy groups -OCH3 is 1. The molecule has 0 spiro atoms. The summed E-state index contributed by atoms with van der Waals surface area (Å²) in [6, 6.07) is 6.33. The van der Waals surface area contributed by atoms with Gasteiger partial charge >= 0.3 is 6.18 Å². The second-order valence-corrected chi connectivity index (χ2v) is 5.71. The quantitative estimate of drug-likeness (QED) is 0.768. The summed E-state index contributed by atoms with van der Waals surface area (Å²) in [6.07, 6.45) is -3.67. The van der Waals surface area contributed by atoms with Crippen LogP contribution in [0.1, 0.15) is 11.1 Å². The Morgan fingerprint density at radius 1 is 1.24 bits per heavy atom. The second-order valence-electron chi connectivity index (χ2n) is 4.24. The highest BCUT2D eigenvalue weighted by Crippen LogP contribution is 2.37. The zero-order valence-electron chi connectivity index (χ0n) is 11.2. The summed E-state index contributed by atoms with van der Waals surface area (Å²) in [7, 11) is 1.57. The summed E-state index contributed by atoms with van der Waals surface area (Å²) in [5.41, 5.74) is 0.0632. The fourth-order valence-electron chi connectivity index (χ4n) is 1.68. The molecule has 112 valence electrons. The van der Waals surface area contributed by atoms with Crippen LogP contribution in [0.5, 0.6) is 5.75 Å². The van der Waals surface area contributed by atoms with Crippen molar-refractivity contribution in [3.63, 3.8) is 0 Å². The van der Waals surface area contributed by atoms with Crippen LogP contribution in [-0.4, -0.2) is 12.1 Å². The lowest BCUT2D eigenvalue weighted by Gasteiger charge is -2.10. The van der Waals surface area contributed by atoms with E-state index >= 15 is 0 Å². The van der Waals surface area contributed by atoms with Crippen LogP contribution in [0, 0.1) is 6.92 Å². The van der Waals surface area contributed by atoms with E-state index in [0.717, 1.165) is 28.5 Å². The Morgan fingerprint density at radius 3 is 2.48 bits per heavy atom. The van der Waals surface area contributed by atoms with Crippen LogP contribution in [0.15, 0.2) is 40.4 Å². The first kappa shape index (κ1) is 16.0. The molecule has 2 nitrogen and oxygen atoms in total. The Labute approximate surface area is 129 Å². The summed E-state index contributed by atoms with van der Waals surface area (Å²) in [5.74, 6) is 0.742. The van der Waals surface area contributed by atoms with Gasteiger partial charge in [-0.1, -0.05) is 23.4 Å². The number of ether oxygens (including phenoxy) is 1. The molecule has 7 heteroatoms. The van der Waals surface area contributed by atoms with Crippen molar-refractivity contribution in [3.05, 3.63) is 46.6 Å². The Morgan fingerprint density at radius 2 is 1.95 bits per heavy atom. The van der Waals surface area contributed by atoms with Gasteiger partial charge in [0.25, 0.3) is 0 Å². The highest BCUT2D eigenvalue weighted by molar-refractivity contribution is 7.99. The van der Waals surface area contributed by atoms with Gasteiger partial charge in [0, 0.05) is 11.1 Å². The first-order valence-electron chi connectivity index (χ1n) is 5.86. The molecule has 2 rings (SSSR count). The topological polar surface area (TPSA) is 22.1 Å². The number of alkyl halides is 3. The number of benzene rings is 1. The lowest BCUT2D eigenvalue weighted by molar-refractivity contribution is -0.137. The maximum Gasteiger partial charge on any atom is 0.417 e. The van der Waals surface area contributed by atoms with E-state index in [1.165, 1.54) is 11.8 Å². The highest BCUT2D eigenvalue weighted by atomic mass is 35.5. The van der Waals surface area contributed by atoms with Crippen LogP contribution in [0.2, 0.25) is 5.02 Å². The van der Waals surface area contributed by atoms with Gasteiger partial charge in [0.15, 0.2) is 0 Å². The van der Waals surface area contributed by atoms with Gasteiger partial charge < -0.3 is 4.74 Å². The number of hydrogen-bond acceptors (Lipinski definition) is 3. The average Bonchev–Trinajstić information content (AvgIpc) is 2.40. The van der Waals surface area contributed by atoms with Gasteiger partial charge in [-0.2, -0.15) is 13.2 Å². The van der Waals surface area contributed by atoms with E-state index in [9.17, 15) is 13.2 Å². The molecule has 0 aliphatic rings. The van der Waals surface area contributed by atoms with Gasteiger partial charge in [0.2, 0.25) is 0 Å². The molecular formula is C14H11ClF3NOS. The molecule has 1 aromatic heterocycles. The van der Waals surface area contributed by atoms with Gasteiger partial charge in [-0.3, -0.25) is 0 Å². The van der Waals surface area contributed by atoms with Crippen molar-refractivity contribution in [3.8, 4) is 5.75 Å². The zero-order chi connectivity index (χ0) is 15.6. The molecule has 0 radical (unpaired) electrons. The standard InChI is InChI=1S/C14H11ClF3NOS/c1-8-5-10(3-4-12(8)20-2)21-13-11(15)6-9(7-19-13)14(16,17)18/h3-7H,1-2H3. The maximum absolute atomic E-state index is 12.5. The molecule has 0 atom stereocenters. The Kier molecular flexibility index (Phi) is 4.68. The van der Waals surface area contributed by atoms with Crippen molar-refractivity contribution in [2.75, 3.05) is 7.11 Å². The molecule has 0 unspecified atom stereocenters. The van der Waals surface area contributed by atoms with Crippen molar-refractivity contribution >= 4 is 23.4 Å². The number of rotatable bonds is 3. The van der Waals surface area contributed by atoms with Crippen LogP contribution in [0.25, 0.3) is 0 Å². The molecule has 21 heavy (non-hydrogen) atoms. The van der Waals surface area contributed by atoms with Crippen LogP contribution in [-0.2, 0) is 6.18 Å². The van der Waals surface area contributed by atoms with Gasteiger partial charge in [-0.15, -0.1) is 0 Å². The summed E-state index contributed by atoms with van der Waals surface area (Å²) in [4.78, 5) is 4.61. The lowest BCUT2D eigenvalue weighted by Crippen LogP contribution is -2.05. The molecule has 0 fully saturated rings. The van der Waals surface area contributed by atoms with Gasteiger partial charge in [-0.25, -0.2) is 4.98 Å². The Balaban J connectivity index is 2.26. The van der Waals surface area contributed by atoms with E-state index in [1.807, 2.05) is 13.0 Å². The minimum atomic E-state index is -4.45. The molecule has 1 heterocycles. The van der Waals surface area contributed by atoms with Crippen molar-refractivity contribution in [2.45, 2.75) is 23.0 Å². The zero-order valence-corrected chi connectivity index (χ0v) is 12.7. The average molecular weight is 334 g/mol.